The van der Waals surface area contributed by atoms with Gasteiger partial charge in [-0.15, -0.1) is 0 Å². The van der Waals surface area contributed by atoms with E-state index in [0.717, 1.165) is 37.2 Å². The summed E-state index contributed by atoms with van der Waals surface area (Å²) in [4.78, 5) is 18.8. The first-order valence-corrected chi connectivity index (χ1v) is 7.59. The lowest BCUT2D eigenvalue weighted by Gasteiger charge is -2.14. The summed E-state index contributed by atoms with van der Waals surface area (Å²) in [5.74, 6) is 0.659. The fourth-order valence-corrected chi connectivity index (χ4v) is 2.77. The van der Waals surface area contributed by atoms with Crippen molar-refractivity contribution < 1.29 is 13.9 Å². The van der Waals surface area contributed by atoms with Gasteiger partial charge in [0.05, 0.1) is 19.1 Å². The topological polar surface area (TPSA) is 67.6 Å². The van der Waals surface area contributed by atoms with Gasteiger partial charge < -0.3 is 19.4 Å². The van der Waals surface area contributed by atoms with Gasteiger partial charge in [-0.3, -0.25) is 4.79 Å². The summed E-state index contributed by atoms with van der Waals surface area (Å²) in [6.45, 7) is 3.66. The molecule has 6 nitrogen and oxygen atoms in total. The van der Waals surface area contributed by atoms with Gasteiger partial charge in [-0.1, -0.05) is 12.1 Å². The number of likely N-dealkylation sites (tertiary alicyclic amines) is 1. The van der Waals surface area contributed by atoms with Crippen LogP contribution in [0.2, 0.25) is 0 Å². The predicted molar refractivity (Wildman–Crippen MR) is 82.3 cm³/mol. The van der Waals surface area contributed by atoms with E-state index >= 15 is 0 Å². The van der Waals surface area contributed by atoms with Crippen LogP contribution in [0.5, 0.6) is 0 Å². The van der Waals surface area contributed by atoms with Crippen molar-refractivity contribution in [3.8, 4) is 0 Å². The number of methoxy groups -OCH3 is 1. The number of para-hydroxylation sites is 2. The Balaban J connectivity index is 1.50. The van der Waals surface area contributed by atoms with Crippen LogP contribution < -0.4 is 5.32 Å². The molecule has 0 aliphatic carbocycles. The van der Waals surface area contributed by atoms with E-state index in [1.807, 2.05) is 24.3 Å². The van der Waals surface area contributed by atoms with E-state index in [2.05, 4.69) is 15.2 Å². The van der Waals surface area contributed by atoms with Crippen LogP contribution in [0.1, 0.15) is 12.3 Å². The van der Waals surface area contributed by atoms with Crippen molar-refractivity contribution in [2.75, 3.05) is 33.4 Å². The van der Waals surface area contributed by atoms with E-state index in [0.29, 0.717) is 19.0 Å². The zero-order valence-electron chi connectivity index (χ0n) is 12.7. The third-order valence-corrected chi connectivity index (χ3v) is 4.01. The van der Waals surface area contributed by atoms with E-state index in [1.165, 1.54) is 0 Å². The fraction of sp³-hybridized carbons (Fsp3) is 0.500. The van der Waals surface area contributed by atoms with Crippen molar-refractivity contribution in [1.29, 1.82) is 0 Å². The normalized spacial score (nSPS) is 18.9. The number of rotatable bonds is 6. The molecule has 0 saturated carbocycles. The zero-order valence-corrected chi connectivity index (χ0v) is 12.7. The van der Waals surface area contributed by atoms with Gasteiger partial charge in [0.15, 0.2) is 5.58 Å². The second-order valence-electron chi connectivity index (χ2n) is 5.57. The van der Waals surface area contributed by atoms with Gasteiger partial charge >= 0.3 is 0 Å². The van der Waals surface area contributed by atoms with E-state index in [9.17, 15) is 4.79 Å². The summed E-state index contributed by atoms with van der Waals surface area (Å²) in [7, 11) is 1.70. The minimum absolute atomic E-state index is 0.0428. The van der Waals surface area contributed by atoms with Crippen LogP contribution in [-0.2, 0) is 16.1 Å². The Morgan fingerprint density at radius 2 is 2.36 bits per heavy atom. The van der Waals surface area contributed by atoms with Gasteiger partial charge in [-0.05, 0) is 25.1 Å². The average molecular weight is 303 g/mol. The molecular weight excluding hydrogens is 282 g/mol. The van der Waals surface area contributed by atoms with Gasteiger partial charge in [0.25, 0.3) is 0 Å². The molecule has 0 spiro atoms. The largest absolute Gasteiger partial charge is 0.439 e. The second-order valence-corrected chi connectivity index (χ2v) is 5.57. The maximum Gasteiger partial charge on any atom is 0.224 e. The Hall–Kier alpha value is -1.92. The third-order valence-electron chi connectivity index (χ3n) is 4.01. The molecule has 0 radical (unpaired) electrons. The lowest BCUT2D eigenvalue weighted by molar-refractivity contribution is -0.124. The molecule has 1 aromatic carbocycles. The van der Waals surface area contributed by atoms with Crippen LogP contribution in [0.15, 0.2) is 28.7 Å². The van der Waals surface area contributed by atoms with Gasteiger partial charge in [-0.2, -0.15) is 0 Å². The van der Waals surface area contributed by atoms with E-state index < -0.39 is 0 Å². The first-order valence-electron chi connectivity index (χ1n) is 7.59. The molecule has 1 aromatic heterocycles. The third kappa shape index (κ3) is 3.45. The number of carbonyl (C=O) groups is 1. The molecule has 22 heavy (non-hydrogen) atoms. The second kappa shape index (κ2) is 6.89. The minimum atomic E-state index is 0.0428. The number of nitrogens with zero attached hydrogens (tertiary/aromatic N) is 2. The zero-order chi connectivity index (χ0) is 15.4. The summed E-state index contributed by atoms with van der Waals surface area (Å²) in [5, 5.41) is 2.93. The van der Waals surface area contributed by atoms with Crippen LogP contribution in [0, 0.1) is 5.92 Å². The summed E-state index contributed by atoms with van der Waals surface area (Å²) >= 11 is 0. The molecule has 3 rings (SSSR count). The standard InChI is InChI=1S/C16H21N3O3/c1-21-9-8-19-7-6-12(11-19)16(20)17-10-15-18-13-4-2-3-5-14(13)22-15/h2-5,12H,6-11H2,1H3,(H,17,20)/t12-/m1/s1. The molecule has 2 aromatic rings. The molecule has 1 saturated heterocycles. The van der Waals surface area contributed by atoms with Gasteiger partial charge in [0.2, 0.25) is 11.8 Å². The molecule has 1 aliphatic rings. The lowest BCUT2D eigenvalue weighted by Crippen LogP contribution is -2.33. The van der Waals surface area contributed by atoms with Crippen molar-refractivity contribution in [3.05, 3.63) is 30.2 Å². The molecule has 118 valence electrons. The molecule has 1 N–H and O–H groups in total. The maximum absolute atomic E-state index is 12.2. The fourth-order valence-electron chi connectivity index (χ4n) is 2.77. The highest BCUT2D eigenvalue weighted by Gasteiger charge is 2.27. The van der Waals surface area contributed by atoms with Crippen molar-refractivity contribution in [2.24, 2.45) is 5.92 Å². The summed E-state index contributed by atoms with van der Waals surface area (Å²) in [6.07, 6.45) is 0.892. The van der Waals surface area contributed by atoms with Crippen LogP contribution in [0.25, 0.3) is 11.1 Å². The highest BCUT2D eigenvalue weighted by molar-refractivity contribution is 5.79. The molecular formula is C16H21N3O3. The number of hydrogen-bond acceptors (Lipinski definition) is 5. The summed E-state index contributed by atoms with van der Waals surface area (Å²) < 4.78 is 10.7. The molecule has 0 unspecified atom stereocenters. The molecule has 1 atom stereocenters. The Morgan fingerprint density at radius 1 is 1.50 bits per heavy atom. The Morgan fingerprint density at radius 3 is 3.18 bits per heavy atom. The lowest BCUT2D eigenvalue weighted by atomic mass is 10.1. The van der Waals surface area contributed by atoms with Gasteiger partial charge in [0, 0.05) is 20.2 Å². The quantitative estimate of drug-likeness (QED) is 0.874. The number of aromatic nitrogens is 1. The SMILES string of the molecule is COCCN1CC[C@@H](C(=O)NCc2nc3ccccc3o2)C1. The van der Waals surface area contributed by atoms with Gasteiger partial charge in [0.1, 0.15) is 5.52 Å². The van der Waals surface area contributed by atoms with Crippen molar-refractivity contribution >= 4 is 17.0 Å². The van der Waals surface area contributed by atoms with Crippen molar-refractivity contribution in [3.63, 3.8) is 0 Å². The van der Waals surface area contributed by atoms with Crippen LogP contribution in [0.4, 0.5) is 0 Å². The predicted octanol–water partition coefficient (Wildman–Crippen LogP) is 1.41. The number of oxazole rings is 1. The number of hydrogen-bond donors (Lipinski definition) is 1. The van der Waals surface area contributed by atoms with E-state index in [1.54, 1.807) is 7.11 Å². The van der Waals surface area contributed by atoms with Crippen LogP contribution >= 0.6 is 0 Å². The molecule has 0 bridgehead atoms. The molecule has 1 fully saturated rings. The minimum Gasteiger partial charge on any atom is -0.439 e. The highest BCUT2D eigenvalue weighted by Crippen LogP contribution is 2.17. The first-order chi connectivity index (χ1) is 10.8. The van der Waals surface area contributed by atoms with Gasteiger partial charge in [-0.25, -0.2) is 4.98 Å². The number of carbonyl (C=O) groups excluding carboxylic acids is 1. The number of benzene rings is 1. The highest BCUT2D eigenvalue weighted by atomic mass is 16.5. The van der Waals surface area contributed by atoms with Crippen molar-refractivity contribution in [1.82, 2.24) is 15.2 Å². The van der Waals surface area contributed by atoms with Crippen LogP contribution in [0.3, 0.4) is 0 Å². The first kappa shape index (κ1) is 15.0. The smallest absolute Gasteiger partial charge is 0.224 e. The number of ether oxygens (including phenoxy) is 1. The van der Waals surface area contributed by atoms with Crippen LogP contribution in [-0.4, -0.2) is 49.1 Å². The van der Waals surface area contributed by atoms with E-state index in [-0.39, 0.29) is 11.8 Å². The summed E-state index contributed by atoms with van der Waals surface area (Å²) in [6, 6.07) is 7.59. The number of fused-ring (bicyclic) bond motifs is 1. The monoisotopic (exact) mass is 303 g/mol. The average Bonchev–Trinajstić information content (AvgIpc) is 3.16. The Bertz CT molecular complexity index is 607. The van der Waals surface area contributed by atoms with E-state index in [4.69, 9.17) is 9.15 Å². The Labute approximate surface area is 129 Å². The number of nitrogens with one attached hydrogen (secondary N) is 1. The molecule has 1 amide bonds. The summed E-state index contributed by atoms with van der Waals surface area (Å²) in [5.41, 5.74) is 1.57. The maximum atomic E-state index is 12.2. The molecule has 2 heterocycles. The Kier molecular flexibility index (Phi) is 4.70. The molecule has 6 heteroatoms. The van der Waals surface area contributed by atoms with Crippen molar-refractivity contribution in [2.45, 2.75) is 13.0 Å². The molecule has 1 aliphatic heterocycles. The number of amides is 1.